The van der Waals surface area contributed by atoms with Crippen LogP contribution in [0.5, 0.6) is 0 Å². The monoisotopic (exact) mass is 344 g/mol. The summed E-state index contributed by atoms with van der Waals surface area (Å²) in [6, 6.07) is 13.8. The van der Waals surface area contributed by atoms with E-state index in [9.17, 15) is 9.59 Å². The summed E-state index contributed by atoms with van der Waals surface area (Å²) in [6.07, 6.45) is 0. The lowest BCUT2D eigenvalue weighted by molar-refractivity contribution is -0.119. The van der Waals surface area contributed by atoms with E-state index >= 15 is 0 Å². The van der Waals surface area contributed by atoms with Crippen molar-refractivity contribution in [3.8, 4) is 0 Å². The third-order valence-corrected chi connectivity index (χ3v) is 4.04. The van der Waals surface area contributed by atoms with E-state index in [0.29, 0.717) is 5.56 Å². The molecule has 1 aliphatic heterocycles. The number of nitrogens with one attached hydrogen (secondary N) is 1. The van der Waals surface area contributed by atoms with Crippen LogP contribution < -0.4 is 10.2 Å². The van der Waals surface area contributed by atoms with Crippen molar-refractivity contribution in [2.75, 3.05) is 11.9 Å². The van der Waals surface area contributed by atoms with Gasteiger partial charge in [0.05, 0.1) is 0 Å². The summed E-state index contributed by atoms with van der Waals surface area (Å²) in [5.41, 5.74) is 2.17. The van der Waals surface area contributed by atoms with Crippen LogP contribution in [0.2, 0.25) is 0 Å². The van der Waals surface area contributed by atoms with E-state index in [0.717, 1.165) is 15.7 Å². The maximum Gasteiger partial charge on any atom is 0.254 e. The van der Waals surface area contributed by atoms with Gasteiger partial charge in [0.25, 0.3) is 11.8 Å². The molecule has 0 bridgehead atoms. The van der Waals surface area contributed by atoms with E-state index in [-0.39, 0.29) is 11.8 Å². The SMILES string of the molecule is CN1C(=O)[C@H](NC(=O)c2ccccc2)c2cc(Br)ccc21. The standard InChI is InChI=1S/C16H13BrN2O2/c1-19-13-8-7-11(17)9-12(13)14(16(19)21)18-15(20)10-5-3-2-4-6-10/h2-9,14H,1H3,(H,18,20)/t14-/m1/s1. The molecule has 21 heavy (non-hydrogen) atoms. The first kappa shape index (κ1) is 13.8. The van der Waals surface area contributed by atoms with Crippen LogP contribution in [0.4, 0.5) is 5.69 Å². The highest BCUT2D eigenvalue weighted by Gasteiger charge is 2.36. The third kappa shape index (κ3) is 2.45. The van der Waals surface area contributed by atoms with Gasteiger partial charge in [-0.2, -0.15) is 0 Å². The lowest BCUT2D eigenvalue weighted by Crippen LogP contribution is -2.35. The number of carbonyl (C=O) groups is 2. The minimum atomic E-state index is -0.643. The fourth-order valence-electron chi connectivity index (χ4n) is 2.45. The molecule has 106 valence electrons. The molecule has 1 heterocycles. The van der Waals surface area contributed by atoms with Crippen molar-refractivity contribution in [1.82, 2.24) is 5.32 Å². The summed E-state index contributed by atoms with van der Waals surface area (Å²) < 4.78 is 0.878. The van der Waals surface area contributed by atoms with Crippen LogP contribution in [0.1, 0.15) is 22.0 Å². The predicted octanol–water partition coefficient (Wildman–Crippen LogP) is 2.90. The quantitative estimate of drug-likeness (QED) is 0.910. The zero-order valence-corrected chi connectivity index (χ0v) is 12.9. The van der Waals surface area contributed by atoms with Crippen LogP contribution in [0.25, 0.3) is 0 Å². The zero-order chi connectivity index (χ0) is 15.0. The molecule has 5 heteroatoms. The molecule has 0 radical (unpaired) electrons. The van der Waals surface area contributed by atoms with Crippen molar-refractivity contribution < 1.29 is 9.59 Å². The van der Waals surface area contributed by atoms with Crippen LogP contribution in [0.3, 0.4) is 0 Å². The van der Waals surface area contributed by atoms with Gasteiger partial charge >= 0.3 is 0 Å². The maximum absolute atomic E-state index is 12.3. The van der Waals surface area contributed by atoms with E-state index in [4.69, 9.17) is 0 Å². The molecule has 2 amide bonds. The summed E-state index contributed by atoms with van der Waals surface area (Å²) in [5.74, 6) is -0.387. The van der Waals surface area contributed by atoms with Gasteiger partial charge in [0.2, 0.25) is 0 Å². The van der Waals surface area contributed by atoms with Crippen molar-refractivity contribution in [2.24, 2.45) is 0 Å². The second-order valence-corrected chi connectivity index (χ2v) is 5.79. The highest BCUT2D eigenvalue weighted by Crippen LogP contribution is 2.36. The molecule has 2 aromatic carbocycles. The first-order valence-electron chi connectivity index (χ1n) is 6.51. The Kier molecular flexibility index (Phi) is 3.51. The molecular weight excluding hydrogens is 332 g/mol. The molecule has 0 unspecified atom stereocenters. The summed E-state index contributed by atoms with van der Waals surface area (Å²) in [6.45, 7) is 0. The van der Waals surface area contributed by atoms with Gasteiger partial charge in [0.1, 0.15) is 6.04 Å². The molecule has 3 rings (SSSR count). The van der Waals surface area contributed by atoms with Crippen LogP contribution in [-0.2, 0) is 4.79 Å². The summed E-state index contributed by atoms with van der Waals surface area (Å²) in [4.78, 5) is 26.2. The normalized spacial score (nSPS) is 16.8. The Balaban J connectivity index is 1.92. The molecule has 1 atom stereocenters. The average Bonchev–Trinajstić information content (AvgIpc) is 2.73. The zero-order valence-electron chi connectivity index (χ0n) is 11.3. The molecule has 4 nitrogen and oxygen atoms in total. The van der Waals surface area contributed by atoms with Crippen LogP contribution in [0, 0.1) is 0 Å². The highest BCUT2D eigenvalue weighted by atomic mass is 79.9. The number of benzene rings is 2. The number of hydrogen-bond donors (Lipinski definition) is 1. The van der Waals surface area contributed by atoms with Gasteiger partial charge < -0.3 is 10.2 Å². The Labute approximate surface area is 130 Å². The van der Waals surface area contributed by atoms with E-state index in [1.165, 1.54) is 0 Å². The number of anilines is 1. The molecule has 0 saturated carbocycles. The maximum atomic E-state index is 12.3. The first-order chi connectivity index (χ1) is 10.1. The number of likely N-dealkylation sites (N-methyl/N-ethyl adjacent to an activating group) is 1. The van der Waals surface area contributed by atoms with Gasteiger partial charge in [-0.15, -0.1) is 0 Å². The Bertz CT molecular complexity index is 715. The molecular formula is C16H13BrN2O2. The van der Waals surface area contributed by atoms with E-state index < -0.39 is 6.04 Å². The number of rotatable bonds is 2. The Morgan fingerprint density at radius 2 is 1.90 bits per heavy atom. The second kappa shape index (κ2) is 5.33. The number of carbonyl (C=O) groups excluding carboxylic acids is 2. The van der Waals surface area contributed by atoms with Crippen molar-refractivity contribution in [3.05, 3.63) is 64.1 Å². The van der Waals surface area contributed by atoms with Gasteiger partial charge in [-0.3, -0.25) is 9.59 Å². The minimum absolute atomic E-state index is 0.132. The van der Waals surface area contributed by atoms with Gasteiger partial charge in [-0.25, -0.2) is 0 Å². The van der Waals surface area contributed by atoms with E-state index in [1.807, 2.05) is 24.3 Å². The number of fused-ring (bicyclic) bond motifs is 1. The van der Waals surface area contributed by atoms with E-state index in [2.05, 4.69) is 21.2 Å². The number of halogens is 1. The average molecular weight is 345 g/mol. The predicted molar refractivity (Wildman–Crippen MR) is 84.2 cm³/mol. The third-order valence-electron chi connectivity index (χ3n) is 3.55. The first-order valence-corrected chi connectivity index (χ1v) is 7.30. The molecule has 1 aliphatic rings. The lowest BCUT2D eigenvalue weighted by atomic mass is 10.1. The lowest BCUT2D eigenvalue weighted by Gasteiger charge is -2.13. The number of amides is 2. The van der Waals surface area contributed by atoms with Gasteiger partial charge in [0, 0.05) is 28.3 Å². The summed E-state index contributed by atoms with van der Waals surface area (Å²) >= 11 is 3.40. The minimum Gasteiger partial charge on any atom is -0.336 e. The highest BCUT2D eigenvalue weighted by molar-refractivity contribution is 9.10. The van der Waals surface area contributed by atoms with Crippen LogP contribution >= 0.6 is 15.9 Å². The molecule has 2 aromatic rings. The fourth-order valence-corrected chi connectivity index (χ4v) is 2.83. The number of hydrogen-bond acceptors (Lipinski definition) is 2. The molecule has 0 aromatic heterocycles. The smallest absolute Gasteiger partial charge is 0.254 e. The van der Waals surface area contributed by atoms with Crippen LogP contribution in [-0.4, -0.2) is 18.9 Å². The molecule has 0 fully saturated rings. The summed E-state index contributed by atoms with van der Waals surface area (Å²) in [7, 11) is 1.71. The topological polar surface area (TPSA) is 49.4 Å². The van der Waals surface area contributed by atoms with E-state index in [1.54, 1.807) is 36.2 Å². The molecule has 0 spiro atoms. The number of nitrogens with zero attached hydrogens (tertiary/aromatic N) is 1. The van der Waals surface area contributed by atoms with Crippen molar-refractivity contribution >= 4 is 33.4 Å². The van der Waals surface area contributed by atoms with Gasteiger partial charge in [-0.05, 0) is 30.3 Å². The Hall–Kier alpha value is -2.14. The van der Waals surface area contributed by atoms with Crippen molar-refractivity contribution in [2.45, 2.75) is 6.04 Å². The van der Waals surface area contributed by atoms with Gasteiger partial charge in [-0.1, -0.05) is 34.1 Å². The second-order valence-electron chi connectivity index (χ2n) is 4.87. The Morgan fingerprint density at radius 3 is 2.62 bits per heavy atom. The Morgan fingerprint density at radius 1 is 1.19 bits per heavy atom. The summed E-state index contributed by atoms with van der Waals surface area (Å²) in [5, 5.41) is 2.81. The van der Waals surface area contributed by atoms with Crippen LogP contribution in [0.15, 0.2) is 53.0 Å². The van der Waals surface area contributed by atoms with Gasteiger partial charge in [0.15, 0.2) is 0 Å². The van der Waals surface area contributed by atoms with Crippen molar-refractivity contribution in [3.63, 3.8) is 0 Å². The fraction of sp³-hybridized carbons (Fsp3) is 0.125. The molecule has 0 aliphatic carbocycles. The molecule has 0 saturated heterocycles. The van der Waals surface area contributed by atoms with Crippen molar-refractivity contribution in [1.29, 1.82) is 0 Å². The largest absolute Gasteiger partial charge is 0.336 e. The molecule has 1 N–H and O–H groups in total.